The number of hydrogen-bond acceptors (Lipinski definition) is 14. The third-order valence-electron chi connectivity index (χ3n) is 5.97. The van der Waals surface area contributed by atoms with Gasteiger partial charge in [-0.3, -0.25) is 0 Å². The molecule has 2 aromatic rings. The van der Waals surface area contributed by atoms with Gasteiger partial charge in [-0.2, -0.15) is 0 Å². The Bertz CT molecular complexity index is 1050. The summed E-state index contributed by atoms with van der Waals surface area (Å²) in [5.74, 6) is -1.06. The number of benzene rings is 2. The van der Waals surface area contributed by atoms with Crippen molar-refractivity contribution in [1.29, 1.82) is 0 Å². The standard InChI is InChI=1S/C33H48O14/c1-36-9-11-39-13-15-41-17-19-43-21-23-45-29-25-28(32(34)38-3)26-30(31(29)47-33(35)27-7-5-4-6-8-27)46-24-22-44-20-18-42-16-14-40-12-10-37-2/h4-8,25-26H,9-24H2,1-3H3. The van der Waals surface area contributed by atoms with Crippen LogP contribution in [0.15, 0.2) is 42.5 Å². The summed E-state index contributed by atoms with van der Waals surface area (Å²) in [7, 11) is 4.49. The number of ether oxygens (including phenoxy) is 12. The van der Waals surface area contributed by atoms with Crippen LogP contribution in [0.2, 0.25) is 0 Å². The van der Waals surface area contributed by atoms with Gasteiger partial charge in [0.1, 0.15) is 13.2 Å². The third kappa shape index (κ3) is 18.0. The molecular weight excluding hydrogens is 620 g/mol. The summed E-state index contributed by atoms with van der Waals surface area (Å²) < 4.78 is 65.1. The van der Waals surface area contributed by atoms with E-state index in [1.165, 1.54) is 19.2 Å². The first-order chi connectivity index (χ1) is 23.1. The van der Waals surface area contributed by atoms with Crippen LogP contribution in [0, 0.1) is 0 Å². The maximum absolute atomic E-state index is 13.0. The first kappa shape index (κ1) is 39.8. The van der Waals surface area contributed by atoms with Gasteiger partial charge in [0.05, 0.1) is 111 Å². The average Bonchev–Trinajstić information content (AvgIpc) is 3.10. The molecule has 0 heterocycles. The molecule has 0 aliphatic rings. The molecule has 2 aromatic carbocycles. The van der Waals surface area contributed by atoms with Gasteiger partial charge in [0.15, 0.2) is 11.5 Å². The lowest BCUT2D eigenvalue weighted by atomic mass is 10.1. The molecule has 47 heavy (non-hydrogen) atoms. The lowest BCUT2D eigenvalue weighted by Gasteiger charge is -2.18. The molecule has 0 unspecified atom stereocenters. The monoisotopic (exact) mass is 668 g/mol. The molecule has 0 radical (unpaired) electrons. The topological polar surface area (TPSA) is 145 Å². The minimum atomic E-state index is -0.634. The van der Waals surface area contributed by atoms with Crippen molar-refractivity contribution in [2.75, 3.05) is 127 Å². The zero-order valence-corrected chi connectivity index (χ0v) is 27.6. The van der Waals surface area contributed by atoms with Crippen molar-refractivity contribution in [3.05, 3.63) is 53.6 Å². The molecule has 0 atom stereocenters. The van der Waals surface area contributed by atoms with Gasteiger partial charge < -0.3 is 56.8 Å². The van der Waals surface area contributed by atoms with Crippen molar-refractivity contribution in [2.45, 2.75) is 0 Å². The highest BCUT2D eigenvalue weighted by atomic mass is 16.6. The van der Waals surface area contributed by atoms with Crippen LogP contribution in [0.3, 0.4) is 0 Å². The number of esters is 2. The molecule has 0 aliphatic carbocycles. The van der Waals surface area contributed by atoms with Gasteiger partial charge in [0.2, 0.25) is 5.75 Å². The van der Waals surface area contributed by atoms with Crippen molar-refractivity contribution in [3.63, 3.8) is 0 Å². The molecule has 0 amide bonds. The van der Waals surface area contributed by atoms with Gasteiger partial charge in [-0.1, -0.05) is 18.2 Å². The Balaban J connectivity index is 1.95. The van der Waals surface area contributed by atoms with Crippen LogP contribution in [-0.2, 0) is 42.6 Å². The van der Waals surface area contributed by atoms with Crippen LogP contribution in [-0.4, -0.2) is 139 Å². The Hall–Kier alpha value is -3.34. The van der Waals surface area contributed by atoms with Gasteiger partial charge in [0, 0.05) is 14.2 Å². The smallest absolute Gasteiger partial charge is 0.343 e. The highest BCUT2D eigenvalue weighted by molar-refractivity contribution is 5.93. The fourth-order valence-corrected chi connectivity index (χ4v) is 3.64. The van der Waals surface area contributed by atoms with Gasteiger partial charge in [0.25, 0.3) is 0 Å². The summed E-state index contributed by atoms with van der Waals surface area (Å²) >= 11 is 0. The molecule has 0 saturated heterocycles. The molecule has 0 fully saturated rings. The minimum Gasteiger partial charge on any atom is -0.487 e. The highest BCUT2D eigenvalue weighted by Crippen LogP contribution is 2.40. The second-order valence-corrected chi connectivity index (χ2v) is 9.41. The second kappa shape index (κ2) is 26.7. The molecule has 0 saturated carbocycles. The normalized spacial score (nSPS) is 11.0. The van der Waals surface area contributed by atoms with Crippen LogP contribution in [0.4, 0.5) is 0 Å². The van der Waals surface area contributed by atoms with E-state index in [-0.39, 0.29) is 49.2 Å². The number of rotatable bonds is 29. The van der Waals surface area contributed by atoms with E-state index in [0.29, 0.717) is 84.8 Å². The molecule has 0 aromatic heterocycles. The maximum Gasteiger partial charge on any atom is 0.343 e. The molecule has 0 bridgehead atoms. The Morgan fingerprint density at radius 2 is 0.851 bits per heavy atom. The van der Waals surface area contributed by atoms with E-state index >= 15 is 0 Å². The fraction of sp³-hybridized carbons (Fsp3) is 0.576. The van der Waals surface area contributed by atoms with Crippen molar-refractivity contribution in [3.8, 4) is 17.2 Å². The summed E-state index contributed by atoms with van der Waals surface area (Å²) in [5, 5.41) is 0. The summed E-state index contributed by atoms with van der Waals surface area (Å²) in [6.45, 7) is 5.88. The average molecular weight is 669 g/mol. The van der Waals surface area contributed by atoms with Crippen LogP contribution in [0.25, 0.3) is 0 Å². The van der Waals surface area contributed by atoms with E-state index in [1.807, 2.05) is 0 Å². The van der Waals surface area contributed by atoms with E-state index in [1.54, 1.807) is 44.6 Å². The van der Waals surface area contributed by atoms with Crippen LogP contribution in [0.5, 0.6) is 17.2 Å². The molecule has 264 valence electrons. The first-order valence-corrected chi connectivity index (χ1v) is 15.3. The van der Waals surface area contributed by atoms with E-state index in [4.69, 9.17) is 56.8 Å². The van der Waals surface area contributed by atoms with Gasteiger partial charge in [-0.05, 0) is 24.3 Å². The molecule has 0 N–H and O–H groups in total. The van der Waals surface area contributed by atoms with Crippen molar-refractivity contribution >= 4 is 11.9 Å². The molecule has 0 spiro atoms. The minimum absolute atomic E-state index is 0.000110. The Morgan fingerprint density at radius 3 is 1.23 bits per heavy atom. The lowest BCUT2D eigenvalue weighted by molar-refractivity contribution is -0.000306. The van der Waals surface area contributed by atoms with E-state index in [9.17, 15) is 9.59 Å². The first-order valence-electron chi connectivity index (χ1n) is 15.3. The van der Waals surface area contributed by atoms with E-state index in [0.717, 1.165) is 0 Å². The predicted octanol–water partition coefficient (Wildman–Crippen LogP) is 2.84. The van der Waals surface area contributed by atoms with Gasteiger partial charge >= 0.3 is 11.9 Å². The summed E-state index contributed by atoms with van der Waals surface area (Å²) in [4.78, 5) is 25.5. The van der Waals surface area contributed by atoms with Crippen LogP contribution < -0.4 is 14.2 Å². The summed E-state index contributed by atoms with van der Waals surface area (Å²) in [5.41, 5.74) is 0.461. The van der Waals surface area contributed by atoms with Crippen LogP contribution >= 0.6 is 0 Å². The predicted molar refractivity (Wildman–Crippen MR) is 169 cm³/mol. The maximum atomic E-state index is 13.0. The quantitative estimate of drug-likeness (QED) is 0.0712. The van der Waals surface area contributed by atoms with Crippen molar-refractivity contribution in [1.82, 2.24) is 0 Å². The second-order valence-electron chi connectivity index (χ2n) is 9.41. The molecule has 14 heteroatoms. The summed E-state index contributed by atoms with van der Waals surface area (Å²) in [6, 6.07) is 11.3. The number of carbonyl (C=O) groups excluding carboxylic acids is 2. The number of carbonyl (C=O) groups is 2. The van der Waals surface area contributed by atoms with E-state index < -0.39 is 11.9 Å². The molecule has 2 rings (SSSR count). The third-order valence-corrected chi connectivity index (χ3v) is 5.97. The Morgan fingerprint density at radius 1 is 0.468 bits per heavy atom. The zero-order valence-electron chi connectivity index (χ0n) is 27.6. The summed E-state index contributed by atoms with van der Waals surface area (Å²) in [6.07, 6.45) is 0. The zero-order chi connectivity index (χ0) is 33.8. The highest BCUT2D eigenvalue weighted by Gasteiger charge is 2.22. The van der Waals surface area contributed by atoms with Gasteiger partial charge in [-0.15, -0.1) is 0 Å². The molecule has 14 nitrogen and oxygen atoms in total. The number of hydrogen-bond donors (Lipinski definition) is 0. The lowest BCUT2D eigenvalue weighted by Crippen LogP contribution is -2.16. The Labute approximate surface area is 276 Å². The van der Waals surface area contributed by atoms with Gasteiger partial charge in [-0.25, -0.2) is 9.59 Å². The Kier molecular flexibility index (Phi) is 22.6. The molecular formula is C33H48O14. The SMILES string of the molecule is COCCOCCOCCOCCOc1cc(C(=O)OC)cc(OCCOCCOCCOCCOC)c1OC(=O)c1ccccc1. The largest absolute Gasteiger partial charge is 0.487 e. The molecule has 0 aliphatic heterocycles. The van der Waals surface area contributed by atoms with Crippen molar-refractivity contribution < 1.29 is 66.4 Å². The van der Waals surface area contributed by atoms with Crippen molar-refractivity contribution in [2.24, 2.45) is 0 Å². The van der Waals surface area contributed by atoms with Crippen LogP contribution in [0.1, 0.15) is 20.7 Å². The fourth-order valence-electron chi connectivity index (χ4n) is 3.64. The van der Waals surface area contributed by atoms with E-state index in [2.05, 4.69) is 0 Å². The number of methoxy groups -OCH3 is 3.